The van der Waals surface area contributed by atoms with Gasteiger partial charge in [0.15, 0.2) is 6.61 Å². The maximum Gasteiger partial charge on any atom is 0.254 e. The fraction of sp³-hybridized carbons (Fsp3) is 0.176. The van der Waals surface area contributed by atoms with Gasteiger partial charge in [0, 0.05) is 10.6 Å². The average Bonchev–Trinajstić information content (AvgIpc) is 2.96. The number of benzene rings is 2. The first-order chi connectivity index (χ1) is 10.6. The van der Waals surface area contributed by atoms with E-state index in [2.05, 4.69) is 10.2 Å². The quantitative estimate of drug-likeness (QED) is 0.707. The molecule has 1 aromatic heterocycles. The van der Waals surface area contributed by atoms with Gasteiger partial charge in [0.1, 0.15) is 5.75 Å². The van der Waals surface area contributed by atoms with Crippen LogP contribution >= 0.6 is 11.6 Å². The van der Waals surface area contributed by atoms with E-state index in [0.29, 0.717) is 16.8 Å². The molecule has 0 saturated carbocycles. The summed E-state index contributed by atoms with van der Waals surface area (Å²) < 4.78 is 11.4. The van der Waals surface area contributed by atoms with Gasteiger partial charge in [-0.2, -0.15) is 0 Å². The molecule has 0 aliphatic carbocycles. The van der Waals surface area contributed by atoms with Crippen LogP contribution in [0.3, 0.4) is 0 Å². The van der Waals surface area contributed by atoms with E-state index in [1.54, 1.807) is 12.1 Å². The molecular weight excluding hydrogens is 300 g/mol. The third-order valence-electron chi connectivity index (χ3n) is 3.31. The van der Waals surface area contributed by atoms with Crippen molar-refractivity contribution in [3.05, 3.63) is 64.5 Å². The SMILES string of the molecule is Cc1cccc(C)c1OCc1nnc(-c2ccc(Cl)cc2)o1. The Morgan fingerprint density at radius 3 is 2.36 bits per heavy atom. The lowest BCUT2D eigenvalue weighted by atomic mass is 10.1. The topological polar surface area (TPSA) is 48.2 Å². The zero-order valence-corrected chi connectivity index (χ0v) is 13.1. The van der Waals surface area contributed by atoms with Gasteiger partial charge >= 0.3 is 0 Å². The Hall–Kier alpha value is -2.33. The van der Waals surface area contributed by atoms with Crippen LogP contribution in [0.15, 0.2) is 46.9 Å². The summed E-state index contributed by atoms with van der Waals surface area (Å²) in [6, 6.07) is 13.3. The molecule has 0 amide bonds. The number of ether oxygens (including phenoxy) is 1. The molecule has 0 spiro atoms. The number of aromatic nitrogens is 2. The highest BCUT2D eigenvalue weighted by Gasteiger charge is 2.10. The highest BCUT2D eigenvalue weighted by molar-refractivity contribution is 6.30. The van der Waals surface area contributed by atoms with Crippen molar-refractivity contribution in [2.45, 2.75) is 20.5 Å². The van der Waals surface area contributed by atoms with E-state index in [1.165, 1.54) is 0 Å². The lowest BCUT2D eigenvalue weighted by molar-refractivity contribution is 0.261. The van der Waals surface area contributed by atoms with E-state index in [1.807, 2.05) is 44.2 Å². The van der Waals surface area contributed by atoms with Gasteiger partial charge in [-0.05, 0) is 49.2 Å². The van der Waals surface area contributed by atoms with Gasteiger partial charge in [-0.25, -0.2) is 0 Å². The van der Waals surface area contributed by atoms with Gasteiger partial charge in [0.25, 0.3) is 5.89 Å². The summed E-state index contributed by atoms with van der Waals surface area (Å²) in [5, 5.41) is 8.72. The number of aryl methyl sites for hydroxylation is 2. The highest BCUT2D eigenvalue weighted by Crippen LogP contribution is 2.24. The lowest BCUT2D eigenvalue weighted by Gasteiger charge is -2.09. The minimum Gasteiger partial charge on any atom is -0.483 e. The van der Waals surface area contributed by atoms with Crippen LogP contribution in [0.5, 0.6) is 5.75 Å². The summed E-state index contributed by atoms with van der Waals surface area (Å²) in [7, 11) is 0. The highest BCUT2D eigenvalue weighted by atomic mass is 35.5. The first kappa shape index (κ1) is 14.6. The first-order valence-electron chi connectivity index (χ1n) is 6.91. The third kappa shape index (κ3) is 3.12. The molecule has 0 atom stereocenters. The monoisotopic (exact) mass is 314 g/mol. The van der Waals surface area contributed by atoms with Gasteiger partial charge < -0.3 is 9.15 Å². The van der Waals surface area contributed by atoms with Crippen molar-refractivity contribution < 1.29 is 9.15 Å². The van der Waals surface area contributed by atoms with Crippen LogP contribution in [-0.4, -0.2) is 10.2 Å². The van der Waals surface area contributed by atoms with Crippen LogP contribution in [0.2, 0.25) is 5.02 Å². The largest absolute Gasteiger partial charge is 0.483 e. The summed E-state index contributed by atoms with van der Waals surface area (Å²) >= 11 is 5.86. The summed E-state index contributed by atoms with van der Waals surface area (Å²) in [4.78, 5) is 0. The molecule has 0 aliphatic heterocycles. The number of rotatable bonds is 4. The van der Waals surface area contributed by atoms with E-state index in [4.69, 9.17) is 20.8 Å². The van der Waals surface area contributed by atoms with Gasteiger partial charge in [0.05, 0.1) is 0 Å². The fourth-order valence-electron chi connectivity index (χ4n) is 2.18. The van der Waals surface area contributed by atoms with Crippen molar-refractivity contribution in [2.75, 3.05) is 0 Å². The first-order valence-corrected chi connectivity index (χ1v) is 7.28. The summed E-state index contributed by atoms with van der Waals surface area (Å²) in [6.07, 6.45) is 0. The number of halogens is 1. The zero-order valence-electron chi connectivity index (χ0n) is 12.3. The molecule has 0 saturated heterocycles. The van der Waals surface area contributed by atoms with E-state index >= 15 is 0 Å². The zero-order chi connectivity index (χ0) is 15.5. The van der Waals surface area contributed by atoms with Crippen molar-refractivity contribution in [1.29, 1.82) is 0 Å². The van der Waals surface area contributed by atoms with Gasteiger partial charge in [-0.3, -0.25) is 0 Å². The fourth-order valence-corrected chi connectivity index (χ4v) is 2.31. The molecule has 0 N–H and O–H groups in total. The van der Waals surface area contributed by atoms with Gasteiger partial charge in [-0.15, -0.1) is 10.2 Å². The second-order valence-electron chi connectivity index (χ2n) is 5.02. The van der Waals surface area contributed by atoms with Crippen molar-refractivity contribution in [3.8, 4) is 17.2 Å². The Bertz CT molecular complexity index is 761. The molecule has 0 unspecified atom stereocenters. The van der Waals surface area contributed by atoms with Crippen molar-refractivity contribution in [3.63, 3.8) is 0 Å². The average molecular weight is 315 g/mol. The van der Waals surface area contributed by atoms with Crippen LogP contribution in [0.1, 0.15) is 17.0 Å². The van der Waals surface area contributed by atoms with E-state index in [9.17, 15) is 0 Å². The van der Waals surface area contributed by atoms with Crippen molar-refractivity contribution in [2.24, 2.45) is 0 Å². The van der Waals surface area contributed by atoms with E-state index < -0.39 is 0 Å². The van der Waals surface area contributed by atoms with Crippen LogP contribution in [0.4, 0.5) is 0 Å². The summed E-state index contributed by atoms with van der Waals surface area (Å²) in [6.45, 7) is 4.26. The standard InChI is InChI=1S/C17H15ClN2O2/c1-11-4-3-5-12(2)16(11)21-10-15-19-20-17(22-15)13-6-8-14(18)9-7-13/h3-9H,10H2,1-2H3. The van der Waals surface area contributed by atoms with Crippen LogP contribution in [0, 0.1) is 13.8 Å². The number of nitrogens with zero attached hydrogens (tertiary/aromatic N) is 2. The third-order valence-corrected chi connectivity index (χ3v) is 3.56. The minimum atomic E-state index is 0.242. The molecule has 112 valence electrons. The predicted molar refractivity (Wildman–Crippen MR) is 85.0 cm³/mol. The molecule has 2 aromatic carbocycles. The molecule has 1 heterocycles. The van der Waals surface area contributed by atoms with E-state index in [-0.39, 0.29) is 6.61 Å². The van der Waals surface area contributed by atoms with Crippen molar-refractivity contribution in [1.82, 2.24) is 10.2 Å². The second-order valence-corrected chi connectivity index (χ2v) is 5.45. The van der Waals surface area contributed by atoms with Crippen LogP contribution in [-0.2, 0) is 6.61 Å². The Kier molecular flexibility index (Phi) is 4.11. The predicted octanol–water partition coefficient (Wildman–Crippen LogP) is 4.59. The Morgan fingerprint density at radius 1 is 1.00 bits per heavy atom. The normalized spacial score (nSPS) is 10.7. The molecular formula is C17H15ClN2O2. The number of hydrogen-bond acceptors (Lipinski definition) is 4. The minimum absolute atomic E-state index is 0.242. The maximum absolute atomic E-state index is 5.86. The Morgan fingerprint density at radius 2 is 1.68 bits per heavy atom. The van der Waals surface area contributed by atoms with E-state index in [0.717, 1.165) is 22.4 Å². The molecule has 3 aromatic rings. The molecule has 22 heavy (non-hydrogen) atoms. The van der Waals surface area contributed by atoms with Crippen LogP contribution in [0.25, 0.3) is 11.5 Å². The second kappa shape index (κ2) is 6.20. The molecule has 0 bridgehead atoms. The number of para-hydroxylation sites is 1. The number of hydrogen-bond donors (Lipinski definition) is 0. The lowest BCUT2D eigenvalue weighted by Crippen LogP contribution is -1.99. The smallest absolute Gasteiger partial charge is 0.254 e. The summed E-state index contributed by atoms with van der Waals surface area (Å²) in [5.41, 5.74) is 2.99. The molecule has 3 rings (SSSR count). The Balaban J connectivity index is 1.73. The maximum atomic E-state index is 5.86. The summed E-state index contributed by atoms with van der Waals surface area (Å²) in [5.74, 6) is 1.75. The van der Waals surface area contributed by atoms with Gasteiger partial charge in [0.2, 0.25) is 5.89 Å². The molecule has 5 heteroatoms. The molecule has 0 radical (unpaired) electrons. The van der Waals surface area contributed by atoms with Crippen LogP contribution < -0.4 is 4.74 Å². The molecule has 0 fully saturated rings. The Labute approximate surface area is 133 Å². The molecule has 0 aliphatic rings. The van der Waals surface area contributed by atoms with Gasteiger partial charge in [-0.1, -0.05) is 29.8 Å². The van der Waals surface area contributed by atoms with Crippen molar-refractivity contribution >= 4 is 11.6 Å². The molecule has 4 nitrogen and oxygen atoms in total.